The highest BCUT2D eigenvalue weighted by molar-refractivity contribution is 5.82. The van der Waals surface area contributed by atoms with Gasteiger partial charge in [0.25, 0.3) is 0 Å². The predicted molar refractivity (Wildman–Crippen MR) is 63.1 cm³/mol. The molecule has 2 aliphatic rings. The van der Waals surface area contributed by atoms with E-state index in [0.29, 0.717) is 17.6 Å². The minimum atomic E-state index is -0.173. The number of carbonyl (C=O) groups is 1. The molecule has 1 saturated carbocycles. The van der Waals surface area contributed by atoms with Gasteiger partial charge in [-0.05, 0) is 24.7 Å². The van der Waals surface area contributed by atoms with Gasteiger partial charge in [0.2, 0.25) is 0 Å². The molecule has 2 fully saturated rings. The standard InChI is InChI=1S/C13H23NO2/c1-9-5-10(2)12(13(16)6-9)8-14-4-3-11(15)7-14/h9-12,15H,3-8H2,1-2H3. The van der Waals surface area contributed by atoms with Crippen molar-refractivity contribution in [2.24, 2.45) is 17.8 Å². The molecule has 1 aliphatic carbocycles. The van der Waals surface area contributed by atoms with Crippen molar-refractivity contribution in [3.63, 3.8) is 0 Å². The van der Waals surface area contributed by atoms with E-state index in [0.717, 1.165) is 32.5 Å². The number of hydrogen-bond acceptors (Lipinski definition) is 3. The van der Waals surface area contributed by atoms with E-state index >= 15 is 0 Å². The van der Waals surface area contributed by atoms with Gasteiger partial charge in [0, 0.05) is 32.0 Å². The molecule has 0 bridgehead atoms. The van der Waals surface area contributed by atoms with Crippen LogP contribution in [0.15, 0.2) is 0 Å². The highest BCUT2D eigenvalue weighted by Crippen LogP contribution is 2.32. The number of aliphatic hydroxyl groups is 1. The molecule has 0 aromatic rings. The Morgan fingerprint density at radius 3 is 2.75 bits per heavy atom. The normalized spacial score (nSPS) is 41.6. The minimum Gasteiger partial charge on any atom is -0.392 e. The molecule has 3 heteroatoms. The third kappa shape index (κ3) is 2.64. The average molecular weight is 225 g/mol. The second-order valence-electron chi connectivity index (χ2n) is 5.80. The van der Waals surface area contributed by atoms with Crippen LogP contribution in [0.4, 0.5) is 0 Å². The van der Waals surface area contributed by atoms with E-state index in [2.05, 4.69) is 18.7 Å². The molecule has 0 spiro atoms. The fourth-order valence-corrected chi connectivity index (χ4v) is 3.23. The summed E-state index contributed by atoms with van der Waals surface area (Å²) < 4.78 is 0. The molecule has 4 atom stereocenters. The smallest absolute Gasteiger partial charge is 0.137 e. The van der Waals surface area contributed by atoms with E-state index in [1.54, 1.807) is 0 Å². The van der Waals surface area contributed by atoms with Crippen LogP contribution in [0.3, 0.4) is 0 Å². The van der Waals surface area contributed by atoms with Crippen LogP contribution in [0.25, 0.3) is 0 Å². The van der Waals surface area contributed by atoms with Crippen molar-refractivity contribution < 1.29 is 9.90 Å². The summed E-state index contributed by atoms with van der Waals surface area (Å²) >= 11 is 0. The van der Waals surface area contributed by atoms with Gasteiger partial charge in [0.1, 0.15) is 5.78 Å². The zero-order valence-electron chi connectivity index (χ0n) is 10.4. The monoisotopic (exact) mass is 225 g/mol. The van der Waals surface area contributed by atoms with E-state index in [9.17, 15) is 9.90 Å². The number of likely N-dealkylation sites (tertiary alicyclic amines) is 1. The Balaban J connectivity index is 1.90. The molecular formula is C13H23NO2. The maximum atomic E-state index is 12.0. The number of nitrogens with zero attached hydrogens (tertiary/aromatic N) is 1. The average Bonchev–Trinajstić information content (AvgIpc) is 2.58. The Kier molecular flexibility index (Phi) is 3.65. The van der Waals surface area contributed by atoms with E-state index in [-0.39, 0.29) is 12.0 Å². The molecule has 1 saturated heterocycles. The summed E-state index contributed by atoms with van der Waals surface area (Å²) in [4.78, 5) is 14.2. The molecule has 1 heterocycles. The number of Topliss-reactive ketones (excluding diaryl/α,β-unsaturated/α-hetero) is 1. The van der Waals surface area contributed by atoms with Crippen LogP contribution in [-0.2, 0) is 4.79 Å². The molecule has 92 valence electrons. The third-order valence-corrected chi connectivity index (χ3v) is 4.13. The summed E-state index contributed by atoms with van der Waals surface area (Å²) in [7, 11) is 0. The lowest BCUT2D eigenvalue weighted by atomic mass is 9.74. The SMILES string of the molecule is CC1CC(=O)C(CN2CCC(O)C2)C(C)C1. The zero-order chi connectivity index (χ0) is 11.7. The Morgan fingerprint density at radius 1 is 1.44 bits per heavy atom. The van der Waals surface area contributed by atoms with Gasteiger partial charge < -0.3 is 5.11 Å². The minimum absolute atomic E-state index is 0.173. The second-order valence-corrected chi connectivity index (χ2v) is 5.80. The predicted octanol–water partition coefficient (Wildman–Crippen LogP) is 1.30. The summed E-state index contributed by atoms with van der Waals surface area (Å²) in [5.74, 6) is 1.71. The summed E-state index contributed by atoms with van der Waals surface area (Å²) in [6.45, 7) is 6.94. The first kappa shape index (κ1) is 12.1. The topological polar surface area (TPSA) is 40.5 Å². The van der Waals surface area contributed by atoms with Crippen LogP contribution >= 0.6 is 0 Å². The van der Waals surface area contributed by atoms with Crippen molar-refractivity contribution in [1.82, 2.24) is 4.90 Å². The van der Waals surface area contributed by atoms with Gasteiger partial charge in [0.05, 0.1) is 6.10 Å². The van der Waals surface area contributed by atoms with Gasteiger partial charge >= 0.3 is 0 Å². The number of carbonyl (C=O) groups excluding carboxylic acids is 1. The van der Waals surface area contributed by atoms with Crippen molar-refractivity contribution in [3.05, 3.63) is 0 Å². The van der Waals surface area contributed by atoms with Gasteiger partial charge in [-0.25, -0.2) is 0 Å². The first-order valence-corrected chi connectivity index (χ1v) is 6.49. The summed E-state index contributed by atoms with van der Waals surface area (Å²) in [6, 6.07) is 0. The van der Waals surface area contributed by atoms with E-state index < -0.39 is 0 Å². The van der Waals surface area contributed by atoms with Crippen LogP contribution in [0.2, 0.25) is 0 Å². The molecule has 1 N–H and O–H groups in total. The Morgan fingerprint density at radius 2 is 2.19 bits per heavy atom. The highest BCUT2D eigenvalue weighted by atomic mass is 16.3. The molecule has 1 aliphatic heterocycles. The molecule has 4 unspecified atom stereocenters. The molecule has 3 nitrogen and oxygen atoms in total. The Bertz CT molecular complexity index is 267. The fraction of sp³-hybridized carbons (Fsp3) is 0.923. The lowest BCUT2D eigenvalue weighted by Gasteiger charge is -2.33. The summed E-state index contributed by atoms with van der Waals surface area (Å²) in [5, 5.41) is 9.48. The zero-order valence-corrected chi connectivity index (χ0v) is 10.4. The van der Waals surface area contributed by atoms with Crippen LogP contribution in [0.5, 0.6) is 0 Å². The first-order valence-electron chi connectivity index (χ1n) is 6.49. The van der Waals surface area contributed by atoms with Crippen LogP contribution in [-0.4, -0.2) is 41.5 Å². The molecule has 0 aromatic heterocycles. The number of β-amino-alcohol motifs (C(OH)–C–C–N with tert-alkyl or cyclic N) is 1. The molecule has 0 aromatic carbocycles. The van der Waals surface area contributed by atoms with Crippen LogP contribution < -0.4 is 0 Å². The molecule has 0 radical (unpaired) electrons. The fourth-order valence-electron chi connectivity index (χ4n) is 3.23. The maximum Gasteiger partial charge on any atom is 0.137 e. The van der Waals surface area contributed by atoms with Crippen molar-refractivity contribution in [1.29, 1.82) is 0 Å². The first-order chi connectivity index (χ1) is 7.56. The number of rotatable bonds is 2. The largest absolute Gasteiger partial charge is 0.392 e. The quantitative estimate of drug-likeness (QED) is 0.770. The van der Waals surface area contributed by atoms with Gasteiger partial charge in [0.15, 0.2) is 0 Å². The number of ketones is 1. The van der Waals surface area contributed by atoms with E-state index in [4.69, 9.17) is 0 Å². The summed E-state index contributed by atoms with van der Waals surface area (Å²) in [6.07, 6.45) is 2.62. The van der Waals surface area contributed by atoms with E-state index in [1.165, 1.54) is 6.42 Å². The van der Waals surface area contributed by atoms with Crippen molar-refractivity contribution in [2.75, 3.05) is 19.6 Å². The van der Waals surface area contributed by atoms with Crippen molar-refractivity contribution >= 4 is 5.78 Å². The van der Waals surface area contributed by atoms with Crippen LogP contribution in [0, 0.1) is 17.8 Å². The number of aliphatic hydroxyl groups excluding tert-OH is 1. The summed E-state index contributed by atoms with van der Waals surface area (Å²) in [5.41, 5.74) is 0. The van der Waals surface area contributed by atoms with Gasteiger partial charge in [-0.3, -0.25) is 9.69 Å². The van der Waals surface area contributed by atoms with Crippen molar-refractivity contribution in [2.45, 2.75) is 39.2 Å². The lowest BCUT2D eigenvalue weighted by Crippen LogP contribution is -2.39. The molecule has 2 rings (SSSR count). The Hall–Kier alpha value is -0.410. The highest BCUT2D eigenvalue weighted by Gasteiger charge is 2.34. The second kappa shape index (κ2) is 4.84. The van der Waals surface area contributed by atoms with Crippen molar-refractivity contribution in [3.8, 4) is 0 Å². The van der Waals surface area contributed by atoms with Gasteiger partial charge in [-0.2, -0.15) is 0 Å². The van der Waals surface area contributed by atoms with Crippen LogP contribution in [0.1, 0.15) is 33.1 Å². The van der Waals surface area contributed by atoms with Gasteiger partial charge in [-0.1, -0.05) is 13.8 Å². The maximum absolute atomic E-state index is 12.0. The molecule has 16 heavy (non-hydrogen) atoms. The van der Waals surface area contributed by atoms with E-state index in [1.807, 2.05) is 0 Å². The lowest BCUT2D eigenvalue weighted by molar-refractivity contribution is -0.128. The van der Waals surface area contributed by atoms with Gasteiger partial charge in [-0.15, -0.1) is 0 Å². The molecular weight excluding hydrogens is 202 g/mol. The Labute approximate surface area is 97.8 Å². The molecule has 0 amide bonds. The third-order valence-electron chi connectivity index (χ3n) is 4.13. The number of hydrogen-bond donors (Lipinski definition) is 1.